The molecule has 0 radical (unpaired) electrons. The molecule has 2 aromatic heterocycles. The maximum Gasteiger partial charge on any atom is 0.255 e. The second kappa shape index (κ2) is 6.11. The van der Waals surface area contributed by atoms with E-state index < -0.39 is 0 Å². The van der Waals surface area contributed by atoms with Gasteiger partial charge in [-0.2, -0.15) is 0 Å². The normalized spacial score (nSPS) is 9.00. The Morgan fingerprint density at radius 3 is 2.38 bits per heavy atom. The summed E-state index contributed by atoms with van der Waals surface area (Å²) < 4.78 is 1.67. The minimum Gasteiger partial charge on any atom is -0.284 e. The number of aryl methyl sites for hydroxylation is 2. The molecular weight excluding hydrogens is 198 g/mol. The lowest BCUT2D eigenvalue weighted by Gasteiger charge is -2.03. The first-order valence-corrected chi connectivity index (χ1v) is 5.27. The van der Waals surface area contributed by atoms with Crippen molar-refractivity contribution >= 4 is 5.52 Å². The van der Waals surface area contributed by atoms with E-state index in [2.05, 4.69) is 0 Å². The van der Waals surface area contributed by atoms with Crippen LogP contribution in [0, 0.1) is 13.8 Å². The van der Waals surface area contributed by atoms with Gasteiger partial charge >= 0.3 is 0 Å². The molecule has 0 fully saturated rings. The van der Waals surface area contributed by atoms with Crippen LogP contribution in [0.3, 0.4) is 0 Å². The molecule has 2 heteroatoms. The second-order valence-electron chi connectivity index (χ2n) is 3.32. The Kier molecular flexibility index (Phi) is 5.51. The molecule has 0 saturated carbocycles. The van der Waals surface area contributed by atoms with Gasteiger partial charge in [0.2, 0.25) is 0 Å². The molecule has 2 heterocycles. The highest BCUT2D eigenvalue weighted by molar-refractivity contribution is 5.55. The average Bonchev–Trinajstić information content (AvgIpc) is 2.23. The lowest BCUT2D eigenvalue weighted by atomic mass is 10.2. The molecule has 2 rings (SSSR count). The zero-order valence-electron chi connectivity index (χ0n) is 9.74. The summed E-state index contributed by atoms with van der Waals surface area (Å²) in [5.41, 5.74) is 3.17. The highest BCUT2D eigenvalue weighted by Gasteiger charge is 1.98. The molecular formula is C14H21NO. The minimum absolute atomic E-state index is 0. The predicted octanol–water partition coefficient (Wildman–Crippen LogP) is 3.58. The topological polar surface area (TPSA) is 21.5 Å². The Morgan fingerprint density at radius 1 is 1.12 bits per heavy atom. The summed E-state index contributed by atoms with van der Waals surface area (Å²) in [6, 6.07) is 7.57. The number of pyridine rings is 2. The Labute approximate surface area is 97.6 Å². The van der Waals surface area contributed by atoms with Gasteiger partial charge in [0.1, 0.15) is 0 Å². The van der Waals surface area contributed by atoms with E-state index in [1.165, 1.54) is 0 Å². The molecule has 0 spiro atoms. The van der Waals surface area contributed by atoms with E-state index in [0.29, 0.717) is 0 Å². The fraction of sp³-hybridized carbons (Fsp3) is 0.357. The van der Waals surface area contributed by atoms with E-state index in [1.807, 2.05) is 45.9 Å². The largest absolute Gasteiger partial charge is 0.284 e. The summed E-state index contributed by atoms with van der Waals surface area (Å²) in [5, 5.41) is 0. The number of hydrogen-bond acceptors (Lipinski definition) is 1. The van der Waals surface area contributed by atoms with Crippen molar-refractivity contribution in [3.05, 3.63) is 51.9 Å². The number of fused-ring (bicyclic) bond motifs is 1. The van der Waals surface area contributed by atoms with Crippen LogP contribution in [-0.4, -0.2) is 4.40 Å². The molecule has 0 saturated heterocycles. The Balaban J connectivity index is 0.000000711. The molecule has 0 bridgehead atoms. The summed E-state index contributed by atoms with van der Waals surface area (Å²) in [6.45, 7) is 7.95. The van der Waals surface area contributed by atoms with Crippen molar-refractivity contribution in [2.75, 3.05) is 0 Å². The van der Waals surface area contributed by atoms with E-state index in [1.54, 1.807) is 16.7 Å². The lowest BCUT2D eigenvalue weighted by Crippen LogP contribution is -2.12. The van der Waals surface area contributed by atoms with Gasteiger partial charge in [0.15, 0.2) is 0 Å². The maximum absolute atomic E-state index is 11.5. The van der Waals surface area contributed by atoms with Crippen LogP contribution in [0.15, 0.2) is 35.3 Å². The van der Waals surface area contributed by atoms with Gasteiger partial charge in [-0.15, -0.1) is 0 Å². The molecule has 16 heavy (non-hydrogen) atoms. The molecule has 0 unspecified atom stereocenters. The summed E-state index contributed by atoms with van der Waals surface area (Å²) in [5.74, 6) is 0. The first-order valence-electron chi connectivity index (χ1n) is 5.27. The van der Waals surface area contributed by atoms with Crippen LogP contribution in [0.2, 0.25) is 0 Å². The molecule has 2 nitrogen and oxygen atoms in total. The van der Waals surface area contributed by atoms with Crippen LogP contribution in [-0.2, 0) is 0 Å². The Bertz CT molecular complexity index is 512. The van der Waals surface area contributed by atoms with Crippen molar-refractivity contribution in [3.63, 3.8) is 0 Å². The maximum atomic E-state index is 11.5. The van der Waals surface area contributed by atoms with E-state index in [9.17, 15) is 4.79 Å². The summed E-state index contributed by atoms with van der Waals surface area (Å²) >= 11 is 0. The minimum atomic E-state index is 0. The van der Waals surface area contributed by atoms with E-state index >= 15 is 0 Å². The third kappa shape index (κ3) is 2.72. The Hall–Kier alpha value is -1.57. The molecule has 88 valence electrons. The van der Waals surface area contributed by atoms with Gasteiger partial charge in [0, 0.05) is 12.3 Å². The van der Waals surface area contributed by atoms with Crippen LogP contribution in [0.25, 0.3) is 5.52 Å². The predicted molar refractivity (Wildman–Crippen MR) is 71.2 cm³/mol. The summed E-state index contributed by atoms with van der Waals surface area (Å²) in [6.07, 6.45) is 1.80. The van der Waals surface area contributed by atoms with Crippen LogP contribution in [0.5, 0.6) is 0 Å². The first kappa shape index (κ1) is 14.4. The quantitative estimate of drug-likeness (QED) is 0.663. The van der Waals surface area contributed by atoms with Crippen molar-refractivity contribution in [2.24, 2.45) is 0 Å². The molecule has 0 aromatic carbocycles. The van der Waals surface area contributed by atoms with Gasteiger partial charge < -0.3 is 0 Å². The average molecular weight is 219 g/mol. The van der Waals surface area contributed by atoms with Crippen molar-refractivity contribution in [1.82, 2.24) is 4.40 Å². The summed E-state index contributed by atoms with van der Waals surface area (Å²) in [4.78, 5) is 11.5. The van der Waals surface area contributed by atoms with Gasteiger partial charge in [-0.05, 0) is 37.1 Å². The van der Waals surface area contributed by atoms with Gasteiger partial charge in [0.25, 0.3) is 5.56 Å². The monoisotopic (exact) mass is 219 g/mol. The summed E-state index contributed by atoms with van der Waals surface area (Å²) in [7, 11) is 0. The fourth-order valence-corrected chi connectivity index (χ4v) is 1.53. The number of rotatable bonds is 0. The smallest absolute Gasteiger partial charge is 0.255 e. The van der Waals surface area contributed by atoms with E-state index in [4.69, 9.17) is 0 Å². The van der Waals surface area contributed by atoms with E-state index in [0.717, 1.165) is 16.6 Å². The molecule has 0 aliphatic heterocycles. The molecule has 2 aromatic rings. The third-order valence-electron chi connectivity index (χ3n) is 2.20. The third-order valence-corrected chi connectivity index (χ3v) is 2.20. The van der Waals surface area contributed by atoms with Crippen molar-refractivity contribution in [1.29, 1.82) is 0 Å². The highest BCUT2D eigenvalue weighted by atomic mass is 16.1. The van der Waals surface area contributed by atoms with Crippen molar-refractivity contribution < 1.29 is 0 Å². The van der Waals surface area contributed by atoms with Crippen LogP contribution in [0.1, 0.15) is 32.4 Å². The lowest BCUT2D eigenvalue weighted by molar-refractivity contribution is 1.07. The first-order chi connectivity index (χ1) is 7.18. The molecule has 0 aliphatic carbocycles. The second-order valence-corrected chi connectivity index (χ2v) is 3.32. The molecule has 0 aliphatic rings. The zero-order valence-corrected chi connectivity index (χ0v) is 9.74. The zero-order chi connectivity index (χ0) is 11.4. The fourth-order valence-electron chi connectivity index (χ4n) is 1.53. The van der Waals surface area contributed by atoms with Crippen LogP contribution < -0.4 is 5.56 Å². The SMILES string of the molecule is C.CC.Cc1cc(=O)n2cccc(C)c2c1. The van der Waals surface area contributed by atoms with Gasteiger partial charge in [0.05, 0.1) is 5.52 Å². The standard InChI is InChI=1S/C11H11NO.C2H6.CH4/c1-8-6-10-9(2)4-3-5-12(10)11(13)7-8;1-2;/h3-7H,1-2H3;1-2H3;1H4. The highest BCUT2D eigenvalue weighted by Crippen LogP contribution is 2.08. The van der Waals surface area contributed by atoms with Crippen molar-refractivity contribution in [2.45, 2.75) is 35.1 Å². The molecule has 0 atom stereocenters. The van der Waals surface area contributed by atoms with Crippen molar-refractivity contribution in [3.8, 4) is 0 Å². The number of aromatic nitrogens is 1. The van der Waals surface area contributed by atoms with Crippen LogP contribution in [0.4, 0.5) is 0 Å². The van der Waals surface area contributed by atoms with Gasteiger partial charge in [-0.25, -0.2) is 0 Å². The number of hydrogen-bond donors (Lipinski definition) is 0. The van der Waals surface area contributed by atoms with E-state index in [-0.39, 0.29) is 13.0 Å². The van der Waals surface area contributed by atoms with Gasteiger partial charge in [-0.3, -0.25) is 9.20 Å². The van der Waals surface area contributed by atoms with Gasteiger partial charge in [-0.1, -0.05) is 27.3 Å². The Morgan fingerprint density at radius 2 is 1.75 bits per heavy atom. The van der Waals surface area contributed by atoms with Crippen LogP contribution >= 0.6 is 0 Å². The molecule has 0 N–H and O–H groups in total. The number of nitrogens with zero attached hydrogens (tertiary/aromatic N) is 1. The molecule has 0 amide bonds.